The van der Waals surface area contributed by atoms with E-state index in [-0.39, 0.29) is 11.8 Å². The standard InChI is InChI=1S/C26H33ClO7/c1-3-25(14-32-15-25)16-33-20-7-4-17(5-8-20)10-18-11-19(6-9-21(18)27)26(31-2)12-22(29)24(30)23(13-28)34-26/h4-9,11,22-24,28-30H,3,10,12-16H2,1-2H3. The summed E-state index contributed by atoms with van der Waals surface area (Å²) in [5, 5.41) is 30.7. The van der Waals surface area contributed by atoms with E-state index in [9.17, 15) is 15.3 Å². The zero-order valence-electron chi connectivity index (χ0n) is 19.6. The minimum absolute atomic E-state index is 0.0264. The Labute approximate surface area is 205 Å². The number of ether oxygens (including phenoxy) is 4. The number of aliphatic hydroxyl groups excluding tert-OH is 3. The average Bonchev–Trinajstić information content (AvgIpc) is 2.83. The molecular weight excluding hydrogens is 460 g/mol. The molecule has 0 aliphatic carbocycles. The molecule has 2 heterocycles. The summed E-state index contributed by atoms with van der Waals surface area (Å²) in [7, 11) is 1.48. The molecule has 0 saturated carbocycles. The van der Waals surface area contributed by atoms with Crippen molar-refractivity contribution in [2.45, 2.75) is 50.3 Å². The largest absolute Gasteiger partial charge is 0.493 e. The molecule has 2 aliphatic heterocycles. The maximum absolute atomic E-state index is 10.4. The molecule has 3 N–H and O–H groups in total. The van der Waals surface area contributed by atoms with Gasteiger partial charge in [-0.3, -0.25) is 0 Å². The highest BCUT2D eigenvalue weighted by Gasteiger charge is 2.47. The molecule has 7 nitrogen and oxygen atoms in total. The van der Waals surface area contributed by atoms with Gasteiger partial charge in [-0.2, -0.15) is 0 Å². The molecule has 8 heteroatoms. The first-order chi connectivity index (χ1) is 16.3. The summed E-state index contributed by atoms with van der Waals surface area (Å²) in [6.07, 6.45) is -1.62. The Balaban J connectivity index is 1.49. The molecule has 0 aromatic heterocycles. The quantitative estimate of drug-likeness (QED) is 0.495. The van der Waals surface area contributed by atoms with Gasteiger partial charge in [-0.25, -0.2) is 0 Å². The number of hydrogen-bond donors (Lipinski definition) is 3. The predicted octanol–water partition coefficient (Wildman–Crippen LogP) is 3.04. The van der Waals surface area contributed by atoms with Crippen molar-refractivity contribution in [3.63, 3.8) is 0 Å². The fourth-order valence-corrected chi connectivity index (χ4v) is 4.66. The maximum atomic E-state index is 10.4. The first-order valence-corrected chi connectivity index (χ1v) is 12.0. The summed E-state index contributed by atoms with van der Waals surface area (Å²) in [6.45, 7) is 3.86. The van der Waals surface area contributed by atoms with Crippen LogP contribution in [0.5, 0.6) is 5.75 Å². The lowest BCUT2D eigenvalue weighted by atomic mass is 9.84. The summed E-state index contributed by atoms with van der Waals surface area (Å²) in [6, 6.07) is 13.4. The molecule has 2 aromatic carbocycles. The topological polar surface area (TPSA) is 97.6 Å². The first kappa shape index (κ1) is 25.4. The zero-order valence-corrected chi connectivity index (χ0v) is 20.3. The van der Waals surface area contributed by atoms with Crippen molar-refractivity contribution in [1.82, 2.24) is 0 Å². The van der Waals surface area contributed by atoms with Crippen molar-refractivity contribution in [1.29, 1.82) is 0 Å². The third-order valence-corrected chi connectivity index (χ3v) is 7.39. The normalized spacial score (nSPS) is 28.4. The van der Waals surface area contributed by atoms with Crippen molar-refractivity contribution in [3.8, 4) is 5.75 Å². The molecule has 2 aromatic rings. The van der Waals surface area contributed by atoms with E-state index in [1.807, 2.05) is 30.3 Å². The van der Waals surface area contributed by atoms with Crippen molar-refractivity contribution >= 4 is 11.6 Å². The lowest BCUT2D eigenvalue weighted by molar-refractivity contribution is -0.323. The third-order valence-electron chi connectivity index (χ3n) is 7.02. The SMILES string of the molecule is CCC1(COc2ccc(Cc3cc(C4(OC)CC(O)C(O)C(CO)O4)ccc3Cl)cc2)COC1. The van der Waals surface area contributed by atoms with E-state index >= 15 is 0 Å². The van der Waals surface area contributed by atoms with Crippen LogP contribution in [0, 0.1) is 5.41 Å². The van der Waals surface area contributed by atoms with Crippen LogP contribution in [0.25, 0.3) is 0 Å². The van der Waals surface area contributed by atoms with Gasteiger partial charge < -0.3 is 34.3 Å². The third kappa shape index (κ3) is 5.11. The lowest BCUT2D eigenvalue weighted by Crippen LogP contribution is -2.55. The summed E-state index contributed by atoms with van der Waals surface area (Å²) in [5.74, 6) is -0.483. The molecule has 0 radical (unpaired) electrons. The number of methoxy groups -OCH3 is 1. The monoisotopic (exact) mass is 492 g/mol. The average molecular weight is 493 g/mol. The summed E-state index contributed by atoms with van der Waals surface area (Å²) in [5.41, 5.74) is 2.71. The van der Waals surface area contributed by atoms with E-state index in [1.54, 1.807) is 12.1 Å². The molecule has 2 aliphatic rings. The van der Waals surface area contributed by atoms with Crippen LogP contribution in [-0.4, -0.2) is 67.2 Å². The van der Waals surface area contributed by atoms with E-state index in [0.717, 1.165) is 36.5 Å². The predicted molar refractivity (Wildman–Crippen MR) is 127 cm³/mol. The minimum Gasteiger partial charge on any atom is -0.493 e. The number of benzene rings is 2. The second kappa shape index (κ2) is 10.5. The van der Waals surface area contributed by atoms with Crippen LogP contribution in [0.15, 0.2) is 42.5 Å². The van der Waals surface area contributed by atoms with Gasteiger partial charge in [0.1, 0.15) is 18.0 Å². The van der Waals surface area contributed by atoms with Gasteiger partial charge in [-0.05, 0) is 48.2 Å². The van der Waals surface area contributed by atoms with E-state index in [1.165, 1.54) is 7.11 Å². The highest BCUT2D eigenvalue weighted by molar-refractivity contribution is 6.31. The van der Waals surface area contributed by atoms with Crippen LogP contribution in [0.4, 0.5) is 0 Å². The molecule has 2 saturated heterocycles. The maximum Gasteiger partial charge on any atom is 0.197 e. The number of hydrogen-bond acceptors (Lipinski definition) is 7. The van der Waals surface area contributed by atoms with Crippen molar-refractivity contribution < 1.29 is 34.3 Å². The Bertz CT molecular complexity index is 957. The van der Waals surface area contributed by atoms with Crippen molar-refractivity contribution in [2.24, 2.45) is 5.41 Å². The molecule has 0 amide bonds. The summed E-state index contributed by atoms with van der Waals surface area (Å²) in [4.78, 5) is 0. The van der Waals surface area contributed by atoms with Crippen molar-refractivity contribution in [3.05, 3.63) is 64.2 Å². The first-order valence-electron chi connectivity index (χ1n) is 11.6. The molecule has 4 atom stereocenters. The second-order valence-electron chi connectivity index (χ2n) is 9.32. The van der Waals surface area contributed by atoms with Crippen LogP contribution >= 0.6 is 11.6 Å². The molecular formula is C26H33ClO7. The second-order valence-corrected chi connectivity index (χ2v) is 9.73. The van der Waals surface area contributed by atoms with E-state index in [2.05, 4.69) is 6.92 Å². The van der Waals surface area contributed by atoms with E-state index in [4.69, 9.17) is 30.5 Å². The van der Waals surface area contributed by atoms with Crippen LogP contribution in [0.2, 0.25) is 5.02 Å². The number of halogens is 1. The molecule has 2 fully saturated rings. The van der Waals surface area contributed by atoms with E-state index in [0.29, 0.717) is 23.6 Å². The van der Waals surface area contributed by atoms with E-state index < -0.39 is 30.7 Å². The molecule has 0 bridgehead atoms. The fourth-order valence-electron chi connectivity index (χ4n) is 4.47. The fraction of sp³-hybridized carbons (Fsp3) is 0.538. The Hall–Kier alpha value is -1.71. The van der Waals surface area contributed by atoms with Gasteiger partial charge in [0.15, 0.2) is 5.79 Å². The highest BCUT2D eigenvalue weighted by atomic mass is 35.5. The number of rotatable bonds is 9. The lowest BCUT2D eigenvalue weighted by Gasteiger charge is -2.44. The number of aliphatic hydroxyl groups is 3. The van der Waals surface area contributed by atoms with Crippen LogP contribution < -0.4 is 4.74 Å². The minimum atomic E-state index is -1.30. The molecule has 186 valence electrons. The van der Waals surface area contributed by atoms with Gasteiger partial charge >= 0.3 is 0 Å². The van der Waals surface area contributed by atoms with Crippen LogP contribution in [0.1, 0.15) is 36.5 Å². The molecule has 34 heavy (non-hydrogen) atoms. The Kier molecular flexibility index (Phi) is 7.84. The summed E-state index contributed by atoms with van der Waals surface area (Å²) >= 11 is 6.50. The van der Waals surface area contributed by atoms with Gasteiger partial charge in [0.05, 0.1) is 37.9 Å². The molecule has 0 spiro atoms. The zero-order chi connectivity index (χ0) is 24.3. The van der Waals surface area contributed by atoms with Gasteiger partial charge in [-0.15, -0.1) is 0 Å². The van der Waals surface area contributed by atoms with Gasteiger partial charge in [0, 0.05) is 24.1 Å². The molecule has 4 unspecified atom stereocenters. The Morgan fingerprint density at radius 3 is 2.44 bits per heavy atom. The van der Waals surface area contributed by atoms with Gasteiger partial charge in [-0.1, -0.05) is 36.7 Å². The molecule has 4 rings (SSSR count). The smallest absolute Gasteiger partial charge is 0.197 e. The summed E-state index contributed by atoms with van der Waals surface area (Å²) < 4.78 is 23.0. The Morgan fingerprint density at radius 1 is 1.12 bits per heavy atom. The van der Waals surface area contributed by atoms with Crippen molar-refractivity contribution in [2.75, 3.05) is 33.5 Å². The van der Waals surface area contributed by atoms with Crippen LogP contribution in [0.3, 0.4) is 0 Å². The van der Waals surface area contributed by atoms with Gasteiger partial charge in [0.25, 0.3) is 0 Å². The Morgan fingerprint density at radius 2 is 1.85 bits per heavy atom. The van der Waals surface area contributed by atoms with Crippen LogP contribution in [-0.2, 0) is 26.4 Å². The highest BCUT2D eigenvalue weighted by Crippen LogP contribution is 2.40. The van der Waals surface area contributed by atoms with Gasteiger partial charge in [0.2, 0.25) is 0 Å².